The molecular weight excluding hydrogens is 510 g/mol. The summed E-state index contributed by atoms with van der Waals surface area (Å²) in [7, 11) is 0. The van der Waals surface area contributed by atoms with Crippen molar-refractivity contribution in [3.05, 3.63) is 161 Å². The third-order valence-electron chi connectivity index (χ3n) is 7.22. The van der Waals surface area contributed by atoms with E-state index in [1.165, 1.54) is 11.1 Å². The second-order valence-electron chi connectivity index (χ2n) is 12.6. The molecular formula is C39H39N3. The van der Waals surface area contributed by atoms with E-state index >= 15 is 0 Å². The number of aliphatic imine (C=N–C) groups is 2. The molecule has 0 amide bonds. The van der Waals surface area contributed by atoms with Crippen molar-refractivity contribution in [2.24, 2.45) is 9.98 Å². The van der Waals surface area contributed by atoms with E-state index in [4.69, 9.17) is 15.0 Å². The van der Waals surface area contributed by atoms with Crippen molar-refractivity contribution >= 4 is 22.8 Å². The first-order valence-electron chi connectivity index (χ1n) is 14.6. The van der Waals surface area contributed by atoms with Crippen LogP contribution in [0.1, 0.15) is 75.2 Å². The van der Waals surface area contributed by atoms with Crippen LogP contribution in [0, 0.1) is 0 Å². The molecule has 0 radical (unpaired) electrons. The van der Waals surface area contributed by atoms with Gasteiger partial charge in [0, 0.05) is 11.1 Å². The molecule has 42 heavy (non-hydrogen) atoms. The molecule has 5 aromatic rings. The fourth-order valence-electron chi connectivity index (χ4n) is 5.08. The molecule has 1 heterocycles. The lowest BCUT2D eigenvalue weighted by Crippen LogP contribution is -2.14. The predicted octanol–water partition coefficient (Wildman–Crippen LogP) is 10.0. The van der Waals surface area contributed by atoms with Gasteiger partial charge in [-0.3, -0.25) is 0 Å². The molecule has 0 aliphatic carbocycles. The minimum Gasteiger partial charge on any atom is -0.246 e. The molecule has 0 unspecified atom stereocenters. The lowest BCUT2D eigenvalue weighted by atomic mass is 9.86. The van der Waals surface area contributed by atoms with Crippen molar-refractivity contribution in [1.29, 1.82) is 0 Å². The summed E-state index contributed by atoms with van der Waals surface area (Å²) >= 11 is 0. The topological polar surface area (TPSA) is 37.6 Å². The fraction of sp³-hybridized carbons (Fsp3) is 0.205. The molecule has 0 fully saturated rings. The Balaban J connectivity index is 1.72. The van der Waals surface area contributed by atoms with Gasteiger partial charge >= 0.3 is 0 Å². The number of rotatable bonds is 6. The highest BCUT2D eigenvalue weighted by Crippen LogP contribution is 2.34. The Bertz CT molecular complexity index is 1590. The van der Waals surface area contributed by atoms with Gasteiger partial charge in [0.15, 0.2) is 0 Å². The maximum absolute atomic E-state index is 5.28. The molecule has 0 atom stereocenters. The summed E-state index contributed by atoms with van der Waals surface area (Å²) in [4.78, 5) is 15.8. The lowest BCUT2D eigenvalue weighted by molar-refractivity contribution is 0.591. The first kappa shape index (κ1) is 28.9. The van der Waals surface area contributed by atoms with Gasteiger partial charge in [0.2, 0.25) is 0 Å². The van der Waals surface area contributed by atoms with Crippen LogP contribution in [0.2, 0.25) is 0 Å². The monoisotopic (exact) mass is 549 g/mol. The summed E-state index contributed by atoms with van der Waals surface area (Å²) in [5.74, 6) is 0. The highest BCUT2D eigenvalue weighted by molar-refractivity contribution is 6.16. The molecule has 0 spiro atoms. The van der Waals surface area contributed by atoms with E-state index < -0.39 is 0 Å². The van der Waals surface area contributed by atoms with E-state index in [0.29, 0.717) is 0 Å². The van der Waals surface area contributed by atoms with Crippen LogP contribution < -0.4 is 0 Å². The van der Waals surface area contributed by atoms with Gasteiger partial charge in [-0.2, -0.15) is 0 Å². The maximum Gasteiger partial charge on any atom is 0.0966 e. The number of hydrogen-bond acceptors (Lipinski definition) is 3. The van der Waals surface area contributed by atoms with Crippen molar-refractivity contribution in [3.63, 3.8) is 0 Å². The van der Waals surface area contributed by atoms with Crippen molar-refractivity contribution in [3.8, 4) is 0 Å². The van der Waals surface area contributed by atoms with Gasteiger partial charge in [0.25, 0.3) is 0 Å². The van der Waals surface area contributed by atoms with E-state index in [2.05, 4.69) is 108 Å². The molecule has 4 aromatic carbocycles. The van der Waals surface area contributed by atoms with Gasteiger partial charge in [-0.25, -0.2) is 15.0 Å². The van der Waals surface area contributed by atoms with Gasteiger partial charge in [-0.15, -0.1) is 0 Å². The third kappa shape index (κ3) is 6.63. The summed E-state index contributed by atoms with van der Waals surface area (Å²) in [6, 6.07) is 43.5. The van der Waals surface area contributed by atoms with Crippen LogP contribution in [0.25, 0.3) is 0 Å². The molecule has 3 heteroatoms. The normalized spacial score (nSPS) is 12.8. The molecule has 210 valence electrons. The van der Waals surface area contributed by atoms with Crippen molar-refractivity contribution in [2.75, 3.05) is 0 Å². The number of hydrogen-bond donors (Lipinski definition) is 0. The smallest absolute Gasteiger partial charge is 0.0966 e. The highest BCUT2D eigenvalue weighted by atomic mass is 14.8. The quantitative estimate of drug-likeness (QED) is 0.194. The van der Waals surface area contributed by atoms with Gasteiger partial charge in [-0.05, 0) is 46.2 Å². The number of nitrogens with zero attached hydrogens (tertiary/aromatic N) is 3. The lowest BCUT2D eigenvalue weighted by Gasteiger charge is -2.22. The fourth-order valence-corrected chi connectivity index (χ4v) is 5.08. The Hall–Kier alpha value is -4.63. The van der Waals surface area contributed by atoms with Crippen LogP contribution in [0.3, 0.4) is 0 Å². The molecule has 0 saturated carbocycles. The van der Waals surface area contributed by atoms with Gasteiger partial charge in [0.1, 0.15) is 0 Å². The Morgan fingerprint density at radius 3 is 1.17 bits per heavy atom. The zero-order valence-corrected chi connectivity index (χ0v) is 25.5. The molecule has 0 aliphatic rings. The second kappa shape index (κ2) is 12.1. The van der Waals surface area contributed by atoms with Crippen molar-refractivity contribution < 1.29 is 0 Å². The summed E-state index contributed by atoms with van der Waals surface area (Å²) in [6.07, 6.45) is 0. The zero-order chi connectivity index (χ0) is 29.7. The third-order valence-corrected chi connectivity index (χ3v) is 7.22. The molecule has 0 aliphatic heterocycles. The number of aromatic nitrogens is 1. The van der Waals surface area contributed by atoms with E-state index in [1.54, 1.807) is 0 Å². The average Bonchev–Trinajstić information content (AvgIpc) is 2.99. The van der Waals surface area contributed by atoms with Crippen LogP contribution in [0.5, 0.6) is 0 Å². The summed E-state index contributed by atoms with van der Waals surface area (Å²) in [6.45, 7) is 13.3. The largest absolute Gasteiger partial charge is 0.246 e. The first-order valence-corrected chi connectivity index (χ1v) is 14.6. The minimum absolute atomic E-state index is 0.0508. The van der Waals surface area contributed by atoms with Crippen molar-refractivity contribution in [1.82, 2.24) is 4.98 Å². The van der Waals surface area contributed by atoms with E-state index in [9.17, 15) is 0 Å². The summed E-state index contributed by atoms with van der Waals surface area (Å²) in [5, 5.41) is 0. The maximum atomic E-state index is 5.28. The van der Waals surface area contributed by atoms with Crippen LogP contribution in [0.4, 0.5) is 11.4 Å². The summed E-state index contributed by atoms with van der Waals surface area (Å²) < 4.78 is 0. The van der Waals surface area contributed by atoms with Crippen LogP contribution in [-0.2, 0) is 10.8 Å². The number of pyridine rings is 1. The molecule has 0 N–H and O–H groups in total. The second-order valence-corrected chi connectivity index (χ2v) is 12.6. The SMILES string of the molecule is CC(C)(C)c1ccccc1N=C(c1ccccc1)c1cccc(C(=Nc2ccccc2C(C)(C)C)c2ccccc2)n1. The molecule has 1 aromatic heterocycles. The average molecular weight is 550 g/mol. The molecule has 0 saturated heterocycles. The van der Waals surface area contributed by atoms with E-state index in [-0.39, 0.29) is 10.8 Å². The van der Waals surface area contributed by atoms with Gasteiger partial charge in [-0.1, -0.05) is 145 Å². The van der Waals surface area contributed by atoms with Crippen LogP contribution in [0.15, 0.2) is 137 Å². The Morgan fingerprint density at radius 2 is 0.786 bits per heavy atom. The van der Waals surface area contributed by atoms with Crippen LogP contribution in [-0.4, -0.2) is 16.4 Å². The summed E-state index contributed by atoms with van der Waals surface area (Å²) in [5.41, 5.74) is 9.48. The van der Waals surface area contributed by atoms with Gasteiger partial charge in [0.05, 0.1) is 34.2 Å². The molecule has 5 rings (SSSR count). The highest BCUT2D eigenvalue weighted by Gasteiger charge is 2.21. The number of benzene rings is 4. The van der Waals surface area contributed by atoms with Gasteiger partial charge < -0.3 is 0 Å². The molecule has 0 bridgehead atoms. The number of para-hydroxylation sites is 2. The minimum atomic E-state index is -0.0508. The van der Waals surface area contributed by atoms with Crippen LogP contribution >= 0.6 is 0 Å². The predicted molar refractivity (Wildman–Crippen MR) is 178 cm³/mol. The Labute approximate surface area is 250 Å². The Morgan fingerprint density at radius 1 is 0.429 bits per heavy atom. The molecule has 3 nitrogen and oxygen atoms in total. The van der Waals surface area contributed by atoms with Crippen molar-refractivity contribution in [2.45, 2.75) is 52.4 Å². The zero-order valence-electron chi connectivity index (χ0n) is 25.5. The Kier molecular flexibility index (Phi) is 8.31. The first-order chi connectivity index (χ1) is 20.1. The standard InChI is InChI=1S/C39H39N3/c1-38(2,3)30-22-13-15-24-32(30)41-36(28-18-9-7-10-19-28)34-26-17-27-35(40-34)37(29-20-11-8-12-21-29)42-33-25-16-14-23-31(33)39(4,5)6/h7-27H,1-6H3. The van der Waals surface area contributed by atoms with E-state index in [1.807, 2.05) is 60.7 Å². The van der Waals surface area contributed by atoms with E-state index in [0.717, 1.165) is 45.3 Å².